The standard InChI is InChI=1S/C21H35O7PS/c1-5-27-29(22,28-6-2)21(30(23,24)25)16-15-20(19-13-8-7-9-14-19)26-17-11-10-12-18(3)4/h7-9,12-14,20-21H,5-6,10-11,15-17H2,1-4H3,(H,23,24,25). The molecule has 0 heterocycles. The minimum absolute atomic E-state index is 0.00622. The molecule has 1 aromatic rings. The van der Waals surface area contributed by atoms with Crippen LogP contribution < -0.4 is 0 Å². The number of hydrogen-bond donors (Lipinski definition) is 1. The van der Waals surface area contributed by atoms with Gasteiger partial charge in [0.15, 0.2) is 4.99 Å². The molecule has 0 spiro atoms. The van der Waals surface area contributed by atoms with Crippen LogP contribution in [-0.4, -0.2) is 37.8 Å². The third kappa shape index (κ3) is 9.41. The van der Waals surface area contributed by atoms with Crippen LogP contribution in [0.1, 0.15) is 65.0 Å². The highest BCUT2D eigenvalue weighted by Crippen LogP contribution is 2.56. The van der Waals surface area contributed by atoms with Gasteiger partial charge in [0.25, 0.3) is 10.1 Å². The van der Waals surface area contributed by atoms with Gasteiger partial charge in [-0.25, -0.2) is 0 Å². The van der Waals surface area contributed by atoms with Crippen molar-refractivity contribution in [3.63, 3.8) is 0 Å². The first kappa shape index (κ1) is 27.0. The van der Waals surface area contributed by atoms with Crippen molar-refractivity contribution in [3.8, 4) is 0 Å². The van der Waals surface area contributed by atoms with E-state index in [9.17, 15) is 17.5 Å². The Morgan fingerprint density at radius 1 is 1.10 bits per heavy atom. The number of allylic oxidation sites excluding steroid dienone is 2. The third-order valence-electron chi connectivity index (χ3n) is 4.38. The molecule has 0 aliphatic rings. The fraction of sp³-hybridized carbons (Fsp3) is 0.619. The first-order chi connectivity index (χ1) is 14.1. The van der Waals surface area contributed by atoms with Crippen molar-refractivity contribution in [2.75, 3.05) is 19.8 Å². The molecule has 0 saturated heterocycles. The average Bonchev–Trinajstić information content (AvgIpc) is 2.66. The van der Waals surface area contributed by atoms with Gasteiger partial charge in [0.1, 0.15) is 0 Å². The van der Waals surface area contributed by atoms with E-state index in [1.807, 2.05) is 44.2 Å². The second-order valence-corrected chi connectivity index (χ2v) is 11.3. The lowest BCUT2D eigenvalue weighted by Gasteiger charge is -2.26. The molecule has 0 aromatic heterocycles. The summed E-state index contributed by atoms with van der Waals surface area (Å²) in [7, 11) is -8.71. The van der Waals surface area contributed by atoms with E-state index in [0.717, 1.165) is 18.4 Å². The summed E-state index contributed by atoms with van der Waals surface area (Å²) in [4.78, 5) is -1.66. The van der Waals surface area contributed by atoms with E-state index in [4.69, 9.17) is 13.8 Å². The number of unbranched alkanes of at least 4 members (excludes halogenated alkanes) is 1. The Labute approximate surface area is 181 Å². The fourth-order valence-corrected chi connectivity index (χ4v) is 6.74. The second kappa shape index (κ2) is 13.4. The molecule has 1 rings (SSSR count). The van der Waals surface area contributed by atoms with Crippen LogP contribution in [-0.2, 0) is 28.5 Å². The summed E-state index contributed by atoms with van der Waals surface area (Å²) in [6.45, 7) is 7.77. The highest BCUT2D eigenvalue weighted by atomic mass is 32.2. The minimum Gasteiger partial charge on any atom is -0.374 e. The van der Waals surface area contributed by atoms with Gasteiger partial charge in [0, 0.05) is 6.61 Å². The maximum atomic E-state index is 13.0. The molecule has 0 amide bonds. The lowest BCUT2D eigenvalue weighted by molar-refractivity contribution is 0.0442. The maximum absolute atomic E-state index is 13.0. The van der Waals surface area contributed by atoms with Gasteiger partial charge in [-0.05, 0) is 58.9 Å². The summed E-state index contributed by atoms with van der Waals surface area (Å²) >= 11 is 0. The van der Waals surface area contributed by atoms with Gasteiger partial charge in [-0.15, -0.1) is 0 Å². The first-order valence-electron chi connectivity index (χ1n) is 10.3. The van der Waals surface area contributed by atoms with Crippen molar-refractivity contribution < 1.29 is 31.3 Å². The normalized spacial score (nSPS) is 14.3. The Morgan fingerprint density at radius 2 is 1.70 bits per heavy atom. The molecule has 2 atom stereocenters. The molecule has 7 nitrogen and oxygen atoms in total. The Bertz CT molecular complexity index is 779. The maximum Gasteiger partial charge on any atom is 0.351 e. The van der Waals surface area contributed by atoms with Crippen molar-refractivity contribution in [1.82, 2.24) is 0 Å². The molecular formula is C21H35O7PS. The van der Waals surface area contributed by atoms with E-state index in [2.05, 4.69) is 6.08 Å². The Balaban J connectivity index is 2.97. The Morgan fingerprint density at radius 3 is 2.20 bits per heavy atom. The van der Waals surface area contributed by atoms with Crippen molar-refractivity contribution in [2.45, 2.75) is 64.5 Å². The molecule has 0 bridgehead atoms. The molecule has 0 aliphatic carbocycles. The summed E-state index contributed by atoms with van der Waals surface area (Å²) in [5.74, 6) is 0. The van der Waals surface area contributed by atoms with Crippen molar-refractivity contribution in [3.05, 3.63) is 47.5 Å². The van der Waals surface area contributed by atoms with E-state index < -0.39 is 28.8 Å². The summed E-state index contributed by atoms with van der Waals surface area (Å²) in [5, 5.41) is 0. The zero-order chi connectivity index (χ0) is 22.6. The van der Waals surface area contributed by atoms with E-state index in [0.29, 0.717) is 6.61 Å². The van der Waals surface area contributed by atoms with Crippen LogP contribution in [0.4, 0.5) is 0 Å². The van der Waals surface area contributed by atoms with E-state index >= 15 is 0 Å². The van der Waals surface area contributed by atoms with Crippen molar-refractivity contribution >= 4 is 17.7 Å². The first-order valence-corrected chi connectivity index (χ1v) is 13.4. The van der Waals surface area contributed by atoms with Gasteiger partial charge in [-0.3, -0.25) is 9.12 Å². The predicted octanol–water partition coefficient (Wildman–Crippen LogP) is 5.75. The molecule has 1 N–H and O–H groups in total. The zero-order valence-electron chi connectivity index (χ0n) is 18.3. The predicted molar refractivity (Wildman–Crippen MR) is 119 cm³/mol. The minimum atomic E-state index is -4.66. The smallest absolute Gasteiger partial charge is 0.351 e. The molecule has 0 aliphatic heterocycles. The van der Waals surface area contributed by atoms with Crippen LogP contribution in [0.3, 0.4) is 0 Å². The molecule has 9 heteroatoms. The SMILES string of the molecule is CCOP(=O)(OCC)C(CCC(OCCCC=C(C)C)c1ccccc1)S(=O)(=O)O. The van der Waals surface area contributed by atoms with E-state index in [1.54, 1.807) is 13.8 Å². The van der Waals surface area contributed by atoms with Crippen LogP contribution in [0, 0.1) is 0 Å². The Hall–Kier alpha value is -1.02. The van der Waals surface area contributed by atoms with Crippen LogP contribution in [0.15, 0.2) is 42.0 Å². The fourth-order valence-electron chi connectivity index (χ4n) is 3.04. The highest BCUT2D eigenvalue weighted by molar-refractivity contribution is 7.94. The molecule has 0 fully saturated rings. The van der Waals surface area contributed by atoms with Gasteiger partial charge >= 0.3 is 7.60 Å². The monoisotopic (exact) mass is 462 g/mol. The molecule has 172 valence electrons. The van der Waals surface area contributed by atoms with E-state index in [1.165, 1.54) is 5.57 Å². The lowest BCUT2D eigenvalue weighted by atomic mass is 10.1. The molecule has 0 radical (unpaired) electrons. The summed E-state index contributed by atoms with van der Waals surface area (Å²) < 4.78 is 63.2. The van der Waals surface area contributed by atoms with Crippen molar-refractivity contribution in [2.24, 2.45) is 0 Å². The third-order valence-corrected chi connectivity index (χ3v) is 9.08. The van der Waals surface area contributed by atoms with Gasteiger partial charge in [-0.2, -0.15) is 8.42 Å². The van der Waals surface area contributed by atoms with Gasteiger partial charge in [0.2, 0.25) is 0 Å². The summed E-state index contributed by atoms with van der Waals surface area (Å²) in [6, 6.07) is 9.43. The topological polar surface area (TPSA) is 99.1 Å². The number of hydrogen-bond acceptors (Lipinski definition) is 6. The average molecular weight is 463 g/mol. The highest BCUT2D eigenvalue weighted by Gasteiger charge is 2.44. The largest absolute Gasteiger partial charge is 0.374 e. The summed E-state index contributed by atoms with van der Waals surface area (Å²) in [6.07, 6.45) is 3.56. The Kier molecular flexibility index (Phi) is 12.1. The number of ether oxygens (including phenoxy) is 1. The zero-order valence-corrected chi connectivity index (χ0v) is 20.0. The quantitative estimate of drug-likeness (QED) is 0.153. The van der Waals surface area contributed by atoms with Crippen LogP contribution >= 0.6 is 7.60 Å². The number of benzene rings is 1. The lowest BCUT2D eigenvalue weighted by Crippen LogP contribution is -2.24. The van der Waals surface area contributed by atoms with Crippen LogP contribution in [0.25, 0.3) is 0 Å². The van der Waals surface area contributed by atoms with Gasteiger partial charge in [-0.1, -0.05) is 42.0 Å². The van der Waals surface area contributed by atoms with Crippen LogP contribution in [0.2, 0.25) is 0 Å². The van der Waals surface area contributed by atoms with Crippen LogP contribution in [0.5, 0.6) is 0 Å². The second-order valence-electron chi connectivity index (χ2n) is 7.12. The summed E-state index contributed by atoms with van der Waals surface area (Å²) in [5.41, 5.74) is 2.13. The van der Waals surface area contributed by atoms with Gasteiger partial charge in [0.05, 0.1) is 19.3 Å². The molecular weight excluding hydrogens is 427 g/mol. The molecule has 2 unspecified atom stereocenters. The van der Waals surface area contributed by atoms with Gasteiger partial charge < -0.3 is 13.8 Å². The molecule has 30 heavy (non-hydrogen) atoms. The van der Waals surface area contributed by atoms with Crippen molar-refractivity contribution in [1.29, 1.82) is 0 Å². The molecule has 1 aromatic carbocycles. The molecule has 0 saturated carbocycles. The van der Waals surface area contributed by atoms with E-state index in [-0.39, 0.29) is 26.1 Å². The number of rotatable bonds is 15.